The smallest absolute Gasteiger partial charge is 0.270 e. The van der Waals surface area contributed by atoms with Crippen molar-refractivity contribution in [1.82, 2.24) is 14.2 Å². The van der Waals surface area contributed by atoms with Gasteiger partial charge >= 0.3 is 0 Å². The Balaban J connectivity index is 1.43. The number of amides is 1. The number of benzene rings is 2. The fourth-order valence-corrected chi connectivity index (χ4v) is 7.80. The number of nitrogens with zero attached hydrogens (tertiary/aromatic N) is 3. The standard InChI is InChI=1S/C30H38N4O5S/c1-20-14-26(38-3)15-21(2)29(20)40(36,37)34(25-8-9-25)13-10-24-16-22(18-33-11-4-5-12-33)6-7-23(24)17-28-32-27(19-39-28)30(31)35/h6-7,14-16,19,25H,4-5,8-13,17-18H2,1-3H3,(H2,31,35). The monoisotopic (exact) mass is 566 g/mol. The lowest BCUT2D eigenvalue weighted by molar-refractivity contribution is 0.0995. The summed E-state index contributed by atoms with van der Waals surface area (Å²) in [5.74, 6) is 0.418. The maximum absolute atomic E-state index is 14.0. The van der Waals surface area contributed by atoms with Crippen molar-refractivity contribution in [2.45, 2.75) is 69.9 Å². The minimum Gasteiger partial charge on any atom is -0.497 e. The minimum absolute atomic E-state index is 0.00648. The van der Waals surface area contributed by atoms with E-state index >= 15 is 0 Å². The molecule has 1 aromatic heterocycles. The van der Waals surface area contributed by atoms with Crippen LogP contribution in [0.15, 0.2) is 45.9 Å². The summed E-state index contributed by atoms with van der Waals surface area (Å²) in [6.45, 7) is 7.08. The molecule has 5 rings (SSSR count). The molecule has 2 fully saturated rings. The van der Waals surface area contributed by atoms with Crippen molar-refractivity contribution in [1.29, 1.82) is 0 Å². The first-order valence-electron chi connectivity index (χ1n) is 13.9. The van der Waals surface area contributed by atoms with Gasteiger partial charge in [0.25, 0.3) is 5.91 Å². The summed E-state index contributed by atoms with van der Waals surface area (Å²) < 4.78 is 40.6. The second-order valence-electron chi connectivity index (χ2n) is 10.9. The molecule has 1 saturated carbocycles. The van der Waals surface area contributed by atoms with Crippen LogP contribution in [0.2, 0.25) is 0 Å². The molecule has 0 unspecified atom stereocenters. The Labute approximate surface area is 236 Å². The molecule has 9 nitrogen and oxygen atoms in total. The number of sulfonamides is 1. The molecular formula is C30H38N4O5S. The average Bonchev–Trinajstić information content (AvgIpc) is 3.38. The van der Waals surface area contributed by atoms with Crippen LogP contribution < -0.4 is 10.5 Å². The molecule has 1 aliphatic heterocycles. The highest BCUT2D eigenvalue weighted by Gasteiger charge is 2.39. The number of carbonyl (C=O) groups excluding carboxylic acids is 1. The zero-order chi connectivity index (χ0) is 28.4. The van der Waals surface area contributed by atoms with Crippen LogP contribution in [0, 0.1) is 13.8 Å². The Morgan fingerprint density at radius 3 is 2.42 bits per heavy atom. The highest BCUT2D eigenvalue weighted by atomic mass is 32.2. The Morgan fingerprint density at radius 2 is 1.82 bits per heavy atom. The number of aromatic nitrogens is 1. The summed E-state index contributed by atoms with van der Waals surface area (Å²) in [5, 5.41) is 0. The number of nitrogens with two attached hydrogens (primary N) is 1. The third kappa shape index (κ3) is 6.24. The van der Waals surface area contributed by atoms with Gasteiger partial charge in [-0.15, -0.1) is 0 Å². The predicted molar refractivity (Wildman–Crippen MR) is 152 cm³/mol. The van der Waals surface area contributed by atoms with Gasteiger partial charge in [0.1, 0.15) is 12.0 Å². The van der Waals surface area contributed by atoms with Gasteiger partial charge in [-0.25, -0.2) is 13.4 Å². The van der Waals surface area contributed by atoms with E-state index in [4.69, 9.17) is 14.9 Å². The van der Waals surface area contributed by atoms with Crippen molar-refractivity contribution in [2.24, 2.45) is 5.73 Å². The first-order valence-corrected chi connectivity index (χ1v) is 15.3. The second-order valence-corrected chi connectivity index (χ2v) is 12.8. The van der Waals surface area contributed by atoms with Gasteiger partial charge in [-0.1, -0.05) is 18.2 Å². The molecule has 2 aromatic carbocycles. The molecule has 2 heterocycles. The molecule has 1 saturated heterocycles. The summed E-state index contributed by atoms with van der Waals surface area (Å²) in [6.07, 6.45) is 6.38. The van der Waals surface area contributed by atoms with Crippen molar-refractivity contribution in [3.63, 3.8) is 0 Å². The quantitative estimate of drug-likeness (QED) is 0.352. The molecule has 0 spiro atoms. The third-order valence-corrected chi connectivity index (χ3v) is 10.1. The molecule has 0 radical (unpaired) electrons. The maximum Gasteiger partial charge on any atom is 0.270 e. The number of rotatable bonds is 12. The zero-order valence-electron chi connectivity index (χ0n) is 23.5. The van der Waals surface area contributed by atoms with Crippen molar-refractivity contribution in [2.75, 3.05) is 26.7 Å². The van der Waals surface area contributed by atoms with Gasteiger partial charge in [-0.2, -0.15) is 4.31 Å². The SMILES string of the molecule is COc1cc(C)c(S(=O)(=O)N(CCc2cc(CN3CCCC3)ccc2Cc2nc(C(N)=O)co2)C2CC2)c(C)c1. The molecule has 0 atom stereocenters. The highest BCUT2D eigenvalue weighted by Crippen LogP contribution is 2.36. The van der Waals surface area contributed by atoms with E-state index < -0.39 is 15.9 Å². The number of methoxy groups -OCH3 is 1. The number of likely N-dealkylation sites (tertiary alicyclic amines) is 1. The lowest BCUT2D eigenvalue weighted by atomic mass is 9.98. The number of hydrogen-bond donors (Lipinski definition) is 1. The van der Waals surface area contributed by atoms with Crippen molar-refractivity contribution in [3.8, 4) is 5.75 Å². The average molecular weight is 567 g/mol. The van der Waals surface area contributed by atoms with Crippen LogP contribution >= 0.6 is 0 Å². The van der Waals surface area contributed by atoms with Crippen molar-refractivity contribution in [3.05, 3.63) is 76.0 Å². The molecule has 2 aliphatic rings. The van der Waals surface area contributed by atoms with E-state index in [2.05, 4.69) is 28.1 Å². The molecule has 1 aliphatic carbocycles. The number of ether oxygens (including phenoxy) is 1. The van der Waals surface area contributed by atoms with Crippen LogP contribution in [0.5, 0.6) is 5.75 Å². The Hall–Kier alpha value is -3.21. The van der Waals surface area contributed by atoms with Gasteiger partial charge in [-0.05, 0) is 99.0 Å². The number of aryl methyl sites for hydroxylation is 2. The first kappa shape index (κ1) is 28.3. The summed E-state index contributed by atoms with van der Waals surface area (Å²) in [7, 11) is -2.13. The molecule has 214 valence electrons. The van der Waals surface area contributed by atoms with Crippen LogP contribution in [-0.4, -0.2) is 61.3 Å². The highest BCUT2D eigenvalue weighted by molar-refractivity contribution is 7.89. The normalized spacial score (nSPS) is 16.1. The van der Waals surface area contributed by atoms with Gasteiger partial charge in [0.2, 0.25) is 10.0 Å². The van der Waals surface area contributed by atoms with Crippen molar-refractivity contribution < 1.29 is 22.4 Å². The summed E-state index contributed by atoms with van der Waals surface area (Å²) in [4.78, 5) is 18.6. The van der Waals surface area contributed by atoms with Crippen LogP contribution in [0.25, 0.3) is 0 Å². The molecule has 1 amide bonds. The summed E-state index contributed by atoms with van der Waals surface area (Å²) in [5.41, 5.74) is 10.1. The second kappa shape index (κ2) is 11.7. The molecular weight excluding hydrogens is 528 g/mol. The van der Waals surface area contributed by atoms with E-state index in [-0.39, 0.29) is 11.7 Å². The molecule has 3 aromatic rings. The van der Waals surface area contributed by atoms with Gasteiger partial charge in [-0.3, -0.25) is 9.69 Å². The molecule has 2 N–H and O–H groups in total. The summed E-state index contributed by atoms with van der Waals surface area (Å²) >= 11 is 0. The van der Waals surface area contributed by atoms with E-state index in [1.165, 1.54) is 24.7 Å². The van der Waals surface area contributed by atoms with Gasteiger partial charge < -0.3 is 14.9 Å². The van der Waals surface area contributed by atoms with E-state index in [0.29, 0.717) is 47.0 Å². The topological polar surface area (TPSA) is 119 Å². The van der Waals surface area contributed by atoms with Crippen LogP contribution in [0.3, 0.4) is 0 Å². The van der Waals surface area contributed by atoms with Crippen LogP contribution in [0.4, 0.5) is 0 Å². The van der Waals surface area contributed by atoms with Gasteiger partial charge in [0.15, 0.2) is 11.6 Å². The number of primary amides is 1. The Morgan fingerprint density at radius 1 is 1.12 bits per heavy atom. The predicted octanol–water partition coefficient (Wildman–Crippen LogP) is 3.98. The molecule has 40 heavy (non-hydrogen) atoms. The third-order valence-electron chi connectivity index (χ3n) is 7.81. The van der Waals surface area contributed by atoms with Crippen LogP contribution in [-0.2, 0) is 29.4 Å². The number of oxazole rings is 1. The Kier molecular flexibility index (Phi) is 8.30. The zero-order valence-corrected chi connectivity index (χ0v) is 24.3. The summed E-state index contributed by atoms with van der Waals surface area (Å²) in [6, 6.07) is 9.94. The van der Waals surface area contributed by atoms with Gasteiger partial charge in [0.05, 0.1) is 12.0 Å². The Bertz CT molecular complexity index is 1470. The van der Waals surface area contributed by atoms with E-state index in [1.54, 1.807) is 23.5 Å². The lowest BCUT2D eigenvalue weighted by Crippen LogP contribution is -2.36. The largest absolute Gasteiger partial charge is 0.497 e. The van der Waals surface area contributed by atoms with Gasteiger partial charge in [0, 0.05) is 25.6 Å². The fraction of sp³-hybridized carbons (Fsp3) is 0.467. The minimum atomic E-state index is -3.71. The number of hydrogen-bond acceptors (Lipinski definition) is 7. The molecule has 0 bridgehead atoms. The van der Waals surface area contributed by atoms with Crippen LogP contribution in [0.1, 0.15) is 69.9 Å². The van der Waals surface area contributed by atoms with E-state index in [0.717, 1.165) is 43.6 Å². The van der Waals surface area contributed by atoms with E-state index in [1.807, 2.05) is 13.8 Å². The lowest BCUT2D eigenvalue weighted by Gasteiger charge is -2.25. The van der Waals surface area contributed by atoms with E-state index in [9.17, 15) is 13.2 Å². The number of carbonyl (C=O) groups is 1. The molecule has 10 heteroatoms. The first-order chi connectivity index (χ1) is 19.2. The van der Waals surface area contributed by atoms with Crippen molar-refractivity contribution >= 4 is 15.9 Å². The maximum atomic E-state index is 14.0. The fourth-order valence-electron chi connectivity index (χ4n) is 5.69.